The van der Waals surface area contributed by atoms with Crippen LogP contribution in [0.2, 0.25) is 0 Å². The van der Waals surface area contributed by atoms with Crippen molar-refractivity contribution in [2.75, 3.05) is 0 Å². The zero-order chi connectivity index (χ0) is 18.6. The van der Waals surface area contributed by atoms with Gasteiger partial charge in [-0.1, -0.05) is 35.5 Å². The Balaban J connectivity index is 1.51. The smallest absolute Gasteiger partial charge is 0.251 e. The van der Waals surface area contributed by atoms with Crippen molar-refractivity contribution in [3.63, 3.8) is 0 Å². The van der Waals surface area contributed by atoms with Gasteiger partial charge in [-0.2, -0.15) is 0 Å². The number of carbonyl (C=O) groups is 1. The molecule has 0 radical (unpaired) electrons. The van der Waals surface area contributed by atoms with Crippen molar-refractivity contribution in [2.24, 2.45) is 0 Å². The Hall–Kier alpha value is -3.54. The van der Waals surface area contributed by atoms with E-state index in [-0.39, 0.29) is 5.91 Å². The van der Waals surface area contributed by atoms with Gasteiger partial charge in [-0.3, -0.25) is 9.78 Å². The van der Waals surface area contributed by atoms with Gasteiger partial charge in [-0.25, -0.2) is 4.68 Å². The lowest BCUT2D eigenvalue weighted by molar-refractivity contribution is 0.0951. The quantitative estimate of drug-likeness (QED) is 0.596. The maximum atomic E-state index is 12.4. The molecule has 6 nitrogen and oxygen atoms in total. The number of aromatic nitrogens is 4. The molecule has 0 aliphatic heterocycles. The molecule has 2 aromatic carbocycles. The van der Waals surface area contributed by atoms with Crippen LogP contribution in [-0.2, 0) is 13.1 Å². The maximum Gasteiger partial charge on any atom is 0.251 e. The lowest BCUT2D eigenvalue weighted by Crippen LogP contribution is -2.22. The third-order valence-corrected chi connectivity index (χ3v) is 4.53. The second-order valence-corrected chi connectivity index (χ2v) is 6.42. The molecule has 4 rings (SSSR count). The van der Waals surface area contributed by atoms with Gasteiger partial charge in [0.25, 0.3) is 5.91 Å². The van der Waals surface area contributed by atoms with Gasteiger partial charge in [0.1, 0.15) is 5.52 Å². The third-order valence-electron chi connectivity index (χ3n) is 4.53. The Morgan fingerprint density at radius 2 is 2.00 bits per heavy atom. The van der Waals surface area contributed by atoms with Crippen LogP contribution in [0.3, 0.4) is 0 Å². The van der Waals surface area contributed by atoms with Crippen LogP contribution >= 0.6 is 0 Å². The van der Waals surface area contributed by atoms with E-state index >= 15 is 0 Å². The summed E-state index contributed by atoms with van der Waals surface area (Å²) in [4.78, 5) is 16.5. The van der Waals surface area contributed by atoms with Crippen LogP contribution in [0.1, 0.15) is 27.0 Å². The summed E-state index contributed by atoms with van der Waals surface area (Å²) < 4.78 is 1.86. The Labute approximate surface area is 156 Å². The van der Waals surface area contributed by atoms with E-state index in [2.05, 4.69) is 39.7 Å². The van der Waals surface area contributed by atoms with Crippen molar-refractivity contribution in [1.29, 1.82) is 0 Å². The van der Waals surface area contributed by atoms with Crippen molar-refractivity contribution >= 4 is 16.9 Å². The first kappa shape index (κ1) is 16.9. The predicted molar refractivity (Wildman–Crippen MR) is 103 cm³/mol. The first-order valence-corrected chi connectivity index (χ1v) is 8.75. The summed E-state index contributed by atoms with van der Waals surface area (Å²) >= 11 is 0. The van der Waals surface area contributed by atoms with Gasteiger partial charge >= 0.3 is 0 Å². The highest BCUT2D eigenvalue weighted by molar-refractivity contribution is 5.97. The minimum Gasteiger partial charge on any atom is -0.348 e. The number of amides is 1. The second kappa shape index (κ2) is 7.37. The van der Waals surface area contributed by atoms with Crippen molar-refractivity contribution in [3.05, 3.63) is 89.2 Å². The van der Waals surface area contributed by atoms with Crippen LogP contribution in [0, 0.1) is 6.92 Å². The van der Waals surface area contributed by atoms with E-state index in [0.717, 1.165) is 11.1 Å². The topological polar surface area (TPSA) is 72.7 Å². The summed E-state index contributed by atoms with van der Waals surface area (Å²) in [5.74, 6) is -0.144. The first-order valence-electron chi connectivity index (χ1n) is 8.75. The summed E-state index contributed by atoms with van der Waals surface area (Å²) in [5, 5.41) is 11.4. The Morgan fingerprint density at radius 3 is 2.81 bits per heavy atom. The number of benzene rings is 2. The van der Waals surface area contributed by atoms with Crippen molar-refractivity contribution in [2.45, 2.75) is 20.0 Å². The first-order chi connectivity index (χ1) is 13.2. The highest BCUT2D eigenvalue weighted by Crippen LogP contribution is 2.16. The molecule has 0 unspecified atom stereocenters. The van der Waals surface area contributed by atoms with E-state index in [9.17, 15) is 4.79 Å². The summed E-state index contributed by atoms with van der Waals surface area (Å²) in [6, 6.07) is 17.5. The summed E-state index contributed by atoms with van der Waals surface area (Å²) in [6.45, 7) is 3.17. The highest BCUT2D eigenvalue weighted by Gasteiger charge is 2.11. The normalized spacial score (nSPS) is 10.9. The lowest BCUT2D eigenvalue weighted by atomic mass is 10.1. The molecule has 0 atom stereocenters. The monoisotopic (exact) mass is 357 g/mol. The van der Waals surface area contributed by atoms with Crippen LogP contribution in [0.5, 0.6) is 0 Å². The number of rotatable bonds is 5. The van der Waals surface area contributed by atoms with E-state index in [1.807, 2.05) is 35.0 Å². The summed E-state index contributed by atoms with van der Waals surface area (Å²) in [6.07, 6.45) is 3.44. The average Bonchev–Trinajstić information content (AvgIpc) is 3.11. The average molecular weight is 357 g/mol. The molecule has 4 aromatic rings. The van der Waals surface area contributed by atoms with E-state index in [0.29, 0.717) is 24.2 Å². The van der Waals surface area contributed by atoms with Gasteiger partial charge in [-0.15, -0.1) is 5.10 Å². The molecular formula is C21H19N5O. The van der Waals surface area contributed by atoms with Crippen LogP contribution < -0.4 is 5.32 Å². The molecule has 0 aliphatic rings. The molecule has 0 fully saturated rings. The van der Waals surface area contributed by atoms with Crippen molar-refractivity contribution in [3.8, 4) is 0 Å². The van der Waals surface area contributed by atoms with Gasteiger partial charge < -0.3 is 5.32 Å². The van der Waals surface area contributed by atoms with E-state index in [1.165, 1.54) is 11.1 Å². The number of hydrogen-bond donors (Lipinski definition) is 1. The number of pyridine rings is 1. The molecule has 2 heterocycles. The standard InChI is InChI=1S/C21H19N5O/c1-15-5-2-3-7-18(15)14-26-20-9-8-17(11-19(20)24-25-26)21(27)23-13-16-6-4-10-22-12-16/h2-12H,13-14H2,1H3,(H,23,27). The van der Waals surface area contributed by atoms with Gasteiger partial charge in [0, 0.05) is 24.5 Å². The van der Waals surface area contributed by atoms with Gasteiger partial charge in [0.15, 0.2) is 0 Å². The number of fused-ring (bicyclic) bond motifs is 1. The third kappa shape index (κ3) is 3.69. The van der Waals surface area contributed by atoms with E-state index in [4.69, 9.17) is 0 Å². The number of nitrogens with zero attached hydrogens (tertiary/aromatic N) is 4. The molecule has 0 bridgehead atoms. The van der Waals surface area contributed by atoms with Crippen LogP contribution in [0.15, 0.2) is 67.0 Å². The molecule has 27 heavy (non-hydrogen) atoms. The Kier molecular flexibility index (Phi) is 4.61. The van der Waals surface area contributed by atoms with Gasteiger partial charge in [0.2, 0.25) is 0 Å². The highest BCUT2D eigenvalue weighted by atomic mass is 16.1. The van der Waals surface area contributed by atoms with E-state index < -0.39 is 0 Å². The predicted octanol–water partition coefficient (Wildman–Crippen LogP) is 3.11. The molecular weight excluding hydrogens is 338 g/mol. The molecule has 1 amide bonds. The van der Waals surface area contributed by atoms with Gasteiger partial charge in [-0.05, 0) is 47.9 Å². The minimum absolute atomic E-state index is 0.144. The molecule has 0 saturated carbocycles. The van der Waals surface area contributed by atoms with E-state index in [1.54, 1.807) is 24.5 Å². The van der Waals surface area contributed by atoms with Crippen LogP contribution in [0.25, 0.3) is 11.0 Å². The Bertz CT molecular complexity index is 1090. The molecule has 134 valence electrons. The fourth-order valence-electron chi connectivity index (χ4n) is 2.97. The second-order valence-electron chi connectivity index (χ2n) is 6.42. The molecule has 2 aromatic heterocycles. The largest absolute Gasteiger partial charge is 0.348 e. The molecule has 0 aliphatic carbocycles. The molecule has 0 spiro atoms. The summed E-state index contributed by atoms with van der Waals surface area (Å²) in [7, 11) is 0. The minimum atomic E-state index is -0.144. The fourth-order valence-corrected chi connectivity index (χ4v) is 2.97. The molecule has 0 saturated heterocycles. The summed E-state index contributed by atoms with van der Waals surface area (Å²) in [5.41, 5.74) is 5.54. The zero-order valence-corrected chi connectivity index (χ0v) is 15.0. The lowest BCUT2D eigenvalue weighted by Gasteiger charge is -2.07. The van der Waals surface area contributed by atoms with Crippen LogP contribution in [0.4, 0.5) is 0 Å². The zero-order valence-electron chi connectivity index (χ0n) is 15.0. The fraction of sp³-hybridized carbons (Fsp3) is 0.143. The number of aryl methyl sites for hydroxylation is 1. The van der Waals surface area contributed by atoms with Crippen molar-refractivity contribution < 1.29 is 4.79 Å². The number of nitrogens with one attached hydrogen (secondary N) is 1. The molecule has 6 heteroatoms. The maximum absolute atomic E-state index is 12.4. The van der Waals surface area contributed by atoms with Crippen molar-refractivity contribution in [1.82, 2.24) is 25.3 Å². The van der Waals surface area contributed by atoms with Crippen LogP contribution in [-0.4, -0.2) is 25.9 Å². The number of hydrogen-bond acceptors (Lipinski definition) is 4. The SMILES string of the molecule is Cc1ccccc1Cn1nnc2cc(C(=O)NCc3cccnc3)ccc21. The molecule has 1 N–H and O–H groups in total. The Morgan fingerprint density at radius 1 is 1.11 bits per heavy atom. The van der Waals surface area contributed by atoms with Gasteiger partial charge in [0.05, 0.1) is 12.1 Å². The number of carbonyl (C=O) groups excluding carboxylic acids is 1.